The van der Waals surface area contributed by atoms with Gasteiger partial charge in [-0.25, -0.2) is 0 Å². The predicted molar refractivity (Wildman–Crippen MR) is 66.5 cm³/mol. The molecule has 0 spiro atoms. The van der Waals surface area contributed by atoms with Crippen LogP contribution in [0.1, 0.15) is 30.4 Å². The lowest BCUT2D eigenvalue weighted by molar-refractivity contribution is 0.0911. The summed E-state index contributed by atoms with van der Waals surface area (Å²) in [5.74, 6) is 0. The Bertz CT molecular complexity index is 301. The molecule has 1 N–H and O–H groups in total. The number of nitrogens with one attached hydrogen (secondary N) is 1. The molecular formula is C14H21NO. The lowest BCUT2D eigenvalue weighted by Gasteiger charge is -2.23. The molecule has 1 aliphatic heterocycles. The summed E-state index contributed by atoms with van der Waals surface area (Å²) in [6, 6.07) is 9.13. The van der Waals surface area contributed by atoms with Crippen molar-refractivity contribution in [1.29, 1.82) is 0 Å². The molecule has 1 aromatic rings. The van der Waals surface area contributed by atoms with E-state index in [4.69, 9.17) is 4.74 Å². The van der Waals surface area contributed by atoms with Crippen molar-refractivity contribution in [2.24, 2.45) is 0 Å². The van der Waals surface area contributed by atoms with Crippen molar-refractivity contribution in [2.45, 2.75) is 38.8 Å². The van der Waals surface area contributed by atoms with Crippen LogP contribution in [-0.4, -0.2) is 19.2 Å². The Kier molecular flexibility index (Phi) is 4.37. The number of rotatable bonds is 4. The first-order valence-electron chi connectivity index (χ1n) is 6.21. The first kappa shape index (κ1) is 11.6. The normalized spacial score (nSPS) is 20.9. The fourth-order valence-corrected chi connectivity index (χ4v) is 2.07. The van der Waals surface area contributed by atoms with E-state index in [1.807, 2.05) is 0 Å². The minimum absolute atomic E-state index is 0.569. The van der Waals surface area contributed by atoms with Gasteiger partial charge in [-0.2, -0.15) is 0 Å². The fraction of sp³-hybridized carbons (Fsp3) is 0.571. The standard InChI is InChI=1S/C14H21NO/c1-12-5-7-13(8-6-12)10-16-11-14-4-2-3-9-15-14/h5-8,14-15H,2-4,9-11H2,1H3. The van der Waals surface area contributed by atoms with Gasteiger partial charge in [0.05, 0.1) is 13.2 Å². The molecule has 2 heteroatoms. The SMILES string of the molecule is Cc1ccc(COCC2CCCCN2)cc1. The van der Waals surface area contributed by atoms with Gasteiger partial charge in [0.2, 0.25) is 0 Å². The summed E-state index contributed by atoms with van der Waals surface area (Å²) in [6.07, 6.45) is 3.91. The number of aryl methyl sites for hydroxylation is 1. The van der Waals surface area contributed by atoms with Crippen LogP contribution in [0, 0.1) is 6.92 Å². The topological polar surface area (TPSA) is 21.3 Å². The van der Waals surface area contributed by atoms with Crippen LogP contribution in [0.4, 0.5) is 0 Å². The van der Waals surface area contributed by atoms with Crippen molar-refractivity contribution in [1.82, 2.24) is 5.32 Å². The monoisotopic (exact) mass is 219 g/mol. The molecule has 0 amide bonds. The molecule has 0 saturated carbocycles. The summed E-state index contributed by atoms with van der Waals surface area (Å²) in [5.41, 5.74) is 2.57. The maximum Gasteiger partial charge on any atom is 0.0717 e. The van der Waals surface area contributed by atoms with Gasteiger partial charge in [0.15, 0.2) is 0 Å². The Hall–Kier alpha value is -0.860. The van der Waals surface area contributed by atoms with E-state index in [-0.39, 0.29) is 0 Å². The van der Waals surface area contributed by atoms with E-state index in [1.54, 1.807) is 0 Å². The summed E-state index contributed by atoms with van der Waals surface area (Å²) < 4.78 is 5.74. The van der Waals surface area contributed by atoms with E-state index >= 15 is 0 Å². The third-order valence-corrected chi connectivity index (χ3v) is 3.12. The Morgan fingerprint density at radius 1 is 1.25 bits per heavy atom. The van der Waals surface area contributed by atoms with Crippen LogP contribution in [0.5, 0.6) is 0 Å². The minimum atomic E-state index is 0.569. The van der Waals surface area contributed by atoms with Crippen LogP contribution in [0.15, 0.2) is 24.3 Å². The summed E-state index contributed by atoms with van der Waals surface area (Å²) in [5, 5.41) is 3.49. The van der Waals surface area contributed by atoms with Gasteiger partial charge < -0.3 is 10.1 Å². The summed E-state index contributed by atoms with van der Waals surface area (Å²) >= 11 is 0. The molecular weight excluding hydrogens is 198 g/mol. The van der Waals surface area contributed by atoms with Crippen LogP contribution in [-0.2, 0) is 11.3 Å². The molecule has 1 unspecified atom stereocenters. The first-order valence-corrected chi connectivity index (χ1v) is 6.21. The molecule has 0 bridgehead atoms. The maximum atomic E-state index is 5.74. The van der Waals surface area contributed by atoms with E-state index in [2.05, 4.69) is 36.5 Å². The van der Waals surface area contributed by atoms with Crippen molar-refractivity contribution in [3.05, 3.63) is 35.4 Å². The number of hydrogen-bond donors (Lipinski definition) is 1. The Morgan fingerprint density at radius 3 is 2.75 bits per heavy atom. The van der Waals surface area contributed by atoms with Gasteiger partial charge in [-0.1, -0.05) is 36.2 Å². The van der Waals surface area contributed by atoms with Crippen molar-refractivity contribution in [3.8, 4) is 0 Å². The van der Waals surface area contributed by atoms with Crippen LogP contribution in [0.3, 0.4) is 0 Å². The minimum Gasteiger partial charge on any atom is -0.375 e. The number of hydrogen-bond acceptors (Lipinski definition) is 2. The molecule has 1 fully saturated rings. The molecule has 1 aliphatic rings. The lowest BCUT2D eigenvalue weighted by Crippen LogP contribution is -2.37. The second kappa shape index (κ2) is 6.02. The maximum absolute atomic E-state index is 5.74. The zero-order valence-corrected chi connectivity index (χ0v) is 10.0. The molecule has 1 saturated heterocycles. The van der Waals surface area contributed by atoms with Gasteiger partial charge in [0, 0.05) is 6.04 Å². The quantitative estimate of drug-likeness (QED) is 0.840. The second-order valence-corrected chi connectivity index (χ2v) is 4.65. The number of benzene rings is 1. The van der Waals surface area contributed by atoms with Gasteiger partial charge >= 0.3 is 0 Å². The largest absolute Gasteiger partial charge is 0.375 e. The van der Waals surface area contributed by atoms with E-state index in [0.29, 0.717) is 6.04 Å². The molecule has 0 aromatic heterocycles. The van der Waals surface area contributed by atoms with Gasteiger partial charge in [-0.3, -0.25) is 0 Å². The number of ether oxygens (including phenoxy) is 1. The van der Waals surface area contributed by atoms with Crippen LogP contribution in [0.2, 0.25) is 0 Å². The predicted octanol–water partition coefficient (Wildman–Crippen LogP) is 2.65. The van der Waals surface area contributed by atoms with Gasteiger partial charge in [-0.15, -0.1) is 0 Å². The average molecular weight is 219 g/mol. The highest BCUT2D eigenvalue weighted by molar-refractivity contribution is 5.20. The Morgan fingerprint density at radius 2 is 2.06 bits per heavy atom. The molecule has 2 nitrogen and oxygen atoms in total. The van der Waals surface area contributed by atoms with Crippen LogP contribution in [0.25, 0.3) is 0 Å². The molecule has 0 aliphatic carbocycles. The Labute approximate surface area is 98.0 Å². The molecule has 1 aromatic carbocycles. The molecule has 1 heterocycles. The van der Waals surface area contributed by atoms with E-state index in [1.165, 1.54) is 30.4 Å². The average Bonchev–Trinajstić information content (AvgIpc) is 2.33. The van der Waals surface area contributed by atoms with Gasteiger partial charge in [0.1, 0.15) is 0 Å². The summed E-state index contributed by atoms with van der Waals surface area (Å²) in [4.78, 5) is 0. The van der Waals surface area contributed by atoms with E-state index in [9.17, 15) is 0 Å². The van der Waals surface area contributed by atoms with Crippen molar-refractivity contribution >= 4 is 0 Å². The molecule has 2 rings (SSSR count). The van der Waals surface area contributed by atoms with Crippen LogP contribution < -0.4 is 5.32 Å². The van der Waals surface area contributed by atoms with E-state index in [0.717, 1.165) is 19.8 Å². The number of piperidine rings is 1. The lowest BCUT2D eigenvalue weighted by atomic mass is 10.1. The van der Waals surface area contributed by atoms with Crippen LogP contribution >= 0.6 is 0 Å². The highest BCUT2D eigenvalue weighted by Gasteiger charge is 2.11. The molecule has 1 atom stereocenters. The van der Waals surface area contributed by atoms with Gasteiger partial charge in [0.25, 0.3) is 0 Å². The van der Waals surface area contributed by atoms with Gasteiger partial charge in [-0.05, 0) is 31.9 Å². The van der Waals surface area contributed by atoms with Crippen molar-refractivity contribution < 1.29 is 4.74 Å². The summed E-state index contributed by atoms with van der Waals surface area (Å²) in [6.45, 7) is 4.83. The third-order valence-electron chi connectivity index (χ3n) is 3.12. The first-order chi connectivity index (χ1) is 7.84. The Balaban J connectivity index is 1.69. The smallest absolute Gasteiger partial charge is 0.0717 e. The van der Waals surface area contributed by atoms with E-state index < -0.39 is 0 Å². The molecule has 88 valence electrons. The highest BCUT2D eigenvalue weighted by Crippen LogP contribution is 2.09. The van der Waals surface area contributed by atoms with Crippen molar-refractivity contribution in [3.63, 3.8) is 0 Å². The molecule has 16 heavy (non-hydrogen) atoms. The molecule has 0 radical (unpaired) electrons. The summed E-state index contributed by atoms with van der Waals surface area (Å²) in [7, 11) is 0. The third kappa shape index (κ3) is 3.62. The highest BCUT2D eigenvalue weighted by atomic mass is 16.5. The zero-order valence-electron chi connectivity index (χ0n) is 10.0. The zero-order chi connectivity index (χ0) is 11.2. The van der Waals surface area contributed by atoms with Crippen molar-refractivity contribution in [2.75, 3.05) is 13.2 Å². The second-order valence-electron chi connectivity index (χ2n) is 4.65. The fourth-order valence-electron chi connectivity index (χ4n) is 2.07.